The summed E-state index contributed by atoms with van der Waals surface area (Å²) < 4.78 is 2.29. The SMILES string of the molecule is CCCCCCCCCCCCCCCC[n+]1ccccc1.[Cl][Fe-]([Cl])([Cl])[Cl]. The standard InChI is InChI=1S/C21H38N.4ClH.Fe/c1-2-3-4-5-6-7-8-9-10-11-12-13-14-16-19-22-20-17-15-18-21-22;;;;;/h15,17-18,20-21H,2-14,16,19H2,1H3;4*1H;/q+1;;;;;+3/p-4. The third kappa shape index (κ3) is 26.8. The minimum atomic E-state index is -2.61. The Morgan fingerprint density at radius 3 is 1.26 bits per heavy atom. The van der Waals surface area contributed by atoms with Crippen LogP contribution in [0.1, 0.15) is 96.8 Å². The third-order valence-electron chi connectivity index (χ3n) is 4.55. The third-order valence-corrected chi connectivity index (χ3v) is 4.55. The van der Waals surface area contributed by atoms with Crippen molar-refractivity contribution in [2.75, 3.05) is 0 Å². The van der Waals surface area contributed by atoms with Gasteiger partial charge in [0.2, 0.25) is 0 Å². The van der Waals surface area contributed by atoms with Crippen molar-refractivity contribution in [3.05, 3.63) is 30.6 Å². The first-order valence-electron chi connectivity index (χ1n) is 10.4. The Hall–Kier alpha value is 0.829. The Bertz CT molecular complexity index is 406. The number of halogens is 4. The number of unbranched alkanes of at least 4 members (excludes halogenated alkanes) is 13. The Labute approximate surface area is 187 Å². The van der Waals surface area contributed by atoms with E-state index in [0.717, 1.165) is 0 Å². The van der Waals surface area contributed by atoms with Crippen molar-refractivity contribution < 1.29 is 13.8 Å². The molecule has 0 unspecified atom stereocenters. The molecule has 0 radical (unpaired) electrons. The summed E-state index contributed by atoms with van der Waals surface area (Å²) in [6.45, 7) is 3.47. The average Bonchev–Trinajstić information content (AvgIpc) is 2.61. The molecule has 0 atom stereocenters. The first-order chi connectivity index (χ1) is 12.9. The van der Waals surface area contributed by atoms with Gasteiger partial charge in [-0.05, 0) is 6.42 Å². The van der Waals surface area contributed by atoms with E-state index in [9.17, 15) is 0 Å². The normalized spacial score (nSPS) is 11.7. The van der Waals surface area contributed by atoms with Crippen molar-refractivity contribution in [2.24, 2.45) is 0 Å². The van der Waals surface area contributed by atoms with Gasteiger partial charge in [-0.25, -0.2) is 4.57 Å². The van der Waals surface area contributed by atoms with Crippen LogP contribution in [-0.2, 0) is 15.7 Å². The molecule has 1 nitrogen and oxygen atoms in total. The van der Waals surface area contributed by atoms with Crippen LogP contribution < -0.4 is 4.57 Å². The van der Waals surface area contributed by atoms with Crippen LogP contribution >= 0.6 is 40.4 Å². The number of hydrogen-bond acceptors (Lipinski definition) is 0. The Kier molecular flexibility index (Phi) is 20.7. The van der Waals surface area contributed by atoms with Gasteiger partial charge in [0, 0.05) is 18.6 Å². The summed E-state index contributed by atoms with van der Waals surface area (Å²) >= 11 is 0. The van der Waals surface area contributed by atoms with Crippen LogP contribution in [0.3, 0.4) is 0 Å². The zero-order valence-electron chi connectivity index (χ0n) is 16.8. The molecule has 0 N–H and O–H groups in total. The van der Waals surface area contributed by atoms with Gasteiger partial charge in [-0.2, -0.15) is 0 Å². The van der Waals surface area contributed by atoms with Crippen molar-refractivity contribution in [1.29, 1.82) is 0 Å². The van der Waals surface area contributed by atoms with Gasteiger partial charge in [0.25, 0.3) is 0 Å². The molecule has 0 saturated carbocycles. The fraction of sp³-hybridized carbons (Fsp3) is 0.762. The average molecular weight is 502 g/mol. The Morgan fingerprint density at radius 2 is 0.889 bits per heavy atom. The molecule has 0 aliphatic carbocycles. The molecule has 0 aliphatic rings. The first-order valence-corrected chi connectivity index (χ1v) is 16.5. The summed E-state index contributed by atoms with van der Waals surface area (Å²) in [5.41, 5.74) is 0. The molecule has 0 fully saturated rings. The number of hydrogen-bond donors (Lipinski definition) is 0. The molecule has 0 spiro atoms. The molecule has 6 heteroatoms. The van der Waals surface area contributed by atoms with Crippen LogP contribution in [-0.4, -0.2) is 0 Å². The van der Waals surface area contributed by atoms with E-state index in [2.05, 4.69) is 42.1 Å². The summed E-state index contributed by atoms with van der Waals surface area (Å²) in [5.74, 6) is 0. The van der Waals surface area contributed by atoms with Crippen LogP contribution in [0.25, 0.3) is 0 Å². The molecule has 1 aromatic heterocycles. The summed E-state index contributed by atoms with van der Waals surface area (Å²) in [5, 5.41) is 0. The molecule has 163 valence electrons. The summed E-state index contributed by atoms with van der Waals surface area (Å²) in [4.78, 5) is 0. The fourth-order valence-corrected chi connectivity index (χ4v) is 3.07. The molecule has 0 aromatic carbocycles. The Morgan fingerprint density at radius 1 is 0.556 bits per heavy atom. The minimum absolute atomic E-state index is 1.18. The maximum absolute atomic E-state index is 4.95. The predicted molar refractivity (Wildman–Crippen MR) is 120 cm³/mol. The number of aromatic nitrogens is 1. The molecule has 0 amide bonds. The van der Waals surface area contributed by atoms with Crippen LogP contribution in [0.2, 0.25) is 0 Å². The quantitative estimate of drug-likeness (QED) is 0.128. The molecule has 27 heavy (non-hydrogen) atoms. The van der Waals surface area contributed by atoms with E-state index in [0.29, 0.717) is 0 Å². The second kappa shape index (κ2) is 20.1. The molecule has 1 aromatic rings. The summed E-state index contributed by atoms with van der Waals surface area (Å²) in [7, 11) is 17.2. The van der Waals surface area contributed by atoms with Gasteiger partial charge in [-0.3, -0.25) is 0 Å². The van der Waals surface area contributed by atoms with Crippen LogP contribution in [0.5, 0.6) is 0 Å². The second-order valence-corrected chi connectivity index (χ2v) is 18.0. The van der Waals surface area contributed by atoms with Gasteiger partial charge in [0.15, 0.2) is 12.4 Å². The van der Waals surface area contributed by atoms with Crippen molar-refractivity contribution >= 4 is 40.4 Å². The van der Waals surface area contributed by atoms with Gasteiger partial charge in [-0.1, -0.05) is 90.0 Å². The predicted octanol–water partition coefficient (Wildman–Crippen LogP) is 9.21. The van der Waals surface area contributed by atoms with Gasteiger partial charge in [0.05, 0.1) is 0 Å². The van der Waals surface area contributed by atoms with E-state index in [1.165, 1.54) is 96.4 Å². The van der Waals surface area contributed by atoms with E-state index in [-0.39, 0.29) is 0 Å². The zero-order valence-corrected chi connectivity index (χ0v) is 20.9. The van der Waals surface area contributed by atoms with Gasteiger partial charge in [0.1, 0.15) is 6.54 Å². The summed E-state index contributed by atoms with van der Waals surface area (Å²) in [6.07, 6.45) is 24.4. The van der Waals surface area contributed by atoms with Gasteiger partial charge < -0.3 is 0 Å². The van der Waals surface area contributed by atoms with Crippen LogP contribution in [0.15, 0.2) is 30.6 Å². The number of aryl methyl sites for hydroxylation is 1. The number of pyridine rings is 1. The van der Waals surface area contributed by atoms with E-state index >= 15 is 0 Å². The monoisotopic (exact) mass is 500 g/mol. The summed E-state index contributed by atoms with van der Waals surface area (Å²) in [6, 6.07) is 6.31. The number of nitrogens with zero attached hydrogens (tertiary/aromatic N) is 1. The van der Waals surface area contributed by atoms with Gasteiger partial charge >= 0.3 is 49.6 Å². The Balaban J connectivity index is 0.00000119. The van der Waals surface area contributed by atoms with Crippen LogP contribution in [0, 0.1) is 0 Å². The maximum atomic E-state index is 4.95. The first kappa shape index (κ1) is 27.8. The van der Waals surface area contributed by atoms with Crippen molar-refractivity contribution in [3.63, 3.8) is 0 Å². The molecule has 1 heterocycles. The molecular weight excluding hydrogens is 464 g/mol. The molecule has 1 rings (SSSR count). The second-order valence-electron chi connectivity index (χ2n) is 7.01. The van der Waals surface area contributed by atoms with Gasteiger partial charge in [-0.15, -0.1) is 0 Å². The van der Waals surface area contributed by atoms with E-state index in [1.54, 1.807) is 0 Å². The topological polar surface area (TPSA) is 3.88 Å². The zero-order chi connectivity index (χ0) is 20.2. The fourth-order valence-electron chi connectivity index (χ4n) is 3.07. The van der Waals surface area contributed by atoms with Crippen LogP contribution in [0.4, 0.5) is 0 Å². The van der Waals surface area contributed by atoms with Crippen molar-refractivity contribution in [3.8, 4) is 0 Å². The van der Waals surface area contributed by atoms with E-state index in [1.807, 2.05) is 0 Å². The van der Waals surface area contributed by atoms with E-state index < -0.39 is 9.20 Å². The molecule has 0 aliphatic heterocycles. The van der Waals surface area contributed by atoms with E-state index in [4.69, 9.17) is 40.4 Å². The van der Waals surface area contributed by atoms with Crippen molar-refractivity contribution in [1.82, 2.24) is 0 Å². The molecule has 0 saturated heterocycles. The number of rotatable bonds is 15. The molecular formula is C21H38Cl4FeN. The molecule has 0 bridgehead atoms. The van der Waals surface area contributed by atoms with Crippen molar-refractivity contribution in [2.45, 2.75) is 103 Å².